The van der Waals surface area contributed by atoms with Crippen LogP contribution in [0.15, 0.2) is 46.4 Å². The third kappa shape index (κ3) is 2.96. The van der Waals surface area contributed by atoms with Crippen molar-refractivity contribution in [3.05, 3.63) is 63.6 Å². The molecule has 0 saturated heterocycles. The molecule has 22 heavy (non-hydrogen) atoms. The minimum absolute atomic E-state index is 0.102. The summed E-state index contributed by atoms with van der Waals surface area (Å²) in [6, 6.07) is 7.02. The Labute approximate surface area is 128 Å². The molecule has 2 heterocycles. The molecule has 0 aliphatic carbocycles. The van der Waals surface area contributed by atoms with Gasteiger partial charge in [0.15, 0.2) is 0 Å². The van der Waals surface area contributed by atoms with Gasteiger partial charge in [0.25, 0.3) is 5.69 Å². The monoisotopic (exact) mass is 319 g/mol. The Morgan fingerprint density at radius 1 is 1.41 bits per heavy atom. The van der Waals surface area contributed by atoms with Gasteiger partial charge in [-0.1, -0.05) is 6.07 Å². The molecule has 0 radical (unpaired) electrons. The molecule has 0 amide bonds. The molecule has 3 rings (SSSR count). The maximum Gasteiger partial charge on any atom is 0.292 e. The van der Waals surface area contributed by atoms with E-state index in [0.717, 1.165) is 23.1 Å². The number of anilines is 1. The molecule has 1 N–H and O–H groups in total. The summed E-state index contributed by atoms with van der Waals surface area (Å²) in [7, 11) is 0. The molecule has 1 aromatic carbocycles. The molecule has 0 fully saturated rings. The molecule has 0 aliphatic heterocycles. The molecular weight excluding hydrogens is 309 g/mol. The van der Waals surface area contributed by atoms with Crippen molar-refractivity contribution in [3.8, 4) is 10.8 Å². The Balaban J connectivity index is 1.76. The van der Waals surface area contributed by atoms with Crippen LogP contribution in [0.1, 0.15) is 5.69 Å². The smallest absolute Gasteiger partial charge is 0.292 e. The normalized spacial score (nSPS) is 10.6. The van der Waals surface area contributed by atoms with Crippen LogP contribution in [0, 0.1) is 15.9 Å². The van der Waals surface area contributed by atoms with Crippen molar-refractivity contribution in [2.75, 3.05) is 5.32 Å². The summed E-state index contributed by atoms with van der Waals surface area (Å²) < 4.78 is 18.6. The van der Waals surface area contributed by atoms with Crippen molar-refractivity contribution in [1.29, 1.82) is 0 Å². The van der Waals surface area contributed by atoms with Gasteiger partial charge in [0, 0.05) is 12.1 Å². The van der Waals surface area contributed by atoms with Crippen molar-refractivity contribution in [2.24, 2.45) is 0 Å². The lowest BCUT2D eigenvalue weighted by molar-refractivity contribution is -0.384. The van der Waals surface area contributed by atoms with Crippen LogP contribution in [0.3, 0.4) is 0 Å². The first-order chi connectivity index (χ1) is 10.6. The topological polar surface area (TPSA) is 81.2 Å². The number of oxazole rings is 1. The zero-order valence-corrected chi connectivity index (χ0v) is 12.0. The molecule has 0 spiro atoms. The van der Waals surface area contributed by atoms with Gasteiger partial charge in [-0.3, -0.25) is 10.1 Å². The minimum Gasteiger partial charge on any atom is -0.443 e. The summed E-state index contributed by atoms with van der Waals surface area (Å²) in [5.74, 6) is -0.0620. The predicted octanol–water partition coefficient (Wildman–Crippen LogP) is 4.06. The highest BCUT2D eigenvalue weighted by molar-refractivity contribution is 7.13. The van der Waals surface area contributed by atoms with Crippen LogP contribution in [0.2, 0.25) is 0 Å². The van der Waals surface area contributed by atoms with Gasteiger partial charge in [-0.05, 0) is 17.5 Å². The van der Waals surface area contributed by atoms with E-state index in [4.69, 9.17) is 4.42 Å². The molecule has 3 aromatic rings. The largest absolute Gasteiger partial charge is 0.443 e. The second-order valence-electron chi connectivity index (χ2n) is 4.39. The quantitative estimate of drug-likeness (QED) is 0.566. The number of hydrogen-bond acceptors (Lipinski definition) is 6. The van der Waals surface area contributed by atoms with Crippen LogP contribution in [0.25, 0.3) is 10.8 Å². The van der Waals surface area contributed by atoms with Crippen LogP contribution in [-0.4, -0.2) is 9.91 Å². The van der Waals surface area contributed by atoms with Gasteiger partial charge in [0.1, 0.15) is 17.8 Å². The number of aromatic nitrogens is 1. The lowest BCUT2D eigenvalue weighted by atomic mass is 10.2. The van der Waals surface area contributed by atoms with E-state index in [2.05, 4.69) is 10.3 Å². The van der Waals surface area contributed by atoms with Crippen molar-refractivity contribution in [1.82, 2.24) is 4.98 Å². The Hall–Kier alpha value is -2.74. The van der Waals surface area contributed by atoms with Crippen LogP contribution >= 0.6 is 11.3 Å². The first-order valence-electron chi connectivity index (χ1n) is 6.29. The molecule has 0 bridgehead atoms. The van der Waals surface area contributed by atoms with Crippen LogP contribution in [0.4, 0.5) is 15.8 Å². The lowest BCUT2D eigenvalue weighted by Crippen LogP contribution is -2.03. The van der Waals surface area contributed by atoms with E-state index in [0.29, 0.717) is 11.6 Å². The second kappa shape index (κ2) is 5.94. The second-order valence-corrected chi connectivity index (χ2v) is 5.34. The Bertz CT molecular complexity index is 802. The lowest BCUT2D eigenvalue weighted by Gasteiger charge is -2.05. The number of rotatable bonds is 5. The van der Waals surface area contributed by atoms with Crippen LogP contribution in [-0.2, 0) is 6.54 Å². The van der Waals surface area contributed by atoms with Gasteiger partial charge >= 0.3 is 0 Å². The first kappa shape index (κ1) is 14.2. The third-order valence-corrected chi connectivity index (χ3v) is 3.76. The van der Waals surface area contributed by atoms with E-state index in [1.807, 2.05) is 17.5 Å². The number of halogens is 1. The molecule has 2 aromatic heterocycles. The number of nitrogens with zero attached hydrogens (tertiary/aromatic N) is 2. The number of thiophene rings is 1. The van der Waals surface area contributed by atoms with Gasteiger partial charge in [-0.2, -0.15) is 0 Å². The van der Waals surface area contributed by atoms with Gasteiger partial charge in [-0.25, -0.2) is 9.37 Å². The van der Waals surface area contributed by atoms with Gasteiger partial charge in [0.05, 0.1) is 22.0 Å². The molecule has 6 nitrogen and oxygen atoms in total. The summed E-state index contributed by atoms with van der Waals surface area (Å²) in [4.78, 5) is 15.5. The summed E-state index contributed by atoms with van der Waals surface area (Å²) in [5, 5.41) is 15.6. The SMILES string of the molecule is O=[N+]([O-])c1ccc(F)cc1NCc1coc(-c2cccs2)n1. The average molecular weight is 319 g/mol. The molecule has 0 unspecified atom stereocenters. The standard InChI is InChI=1S/C14H10FN3O3S/c15-9-3-4-12(18(19)20)11(6-9)16-7-10-8-21-14(17-10)13-2-1-5-22-13/h1-6,8,16H,7H2. The minimum atomic E-state index is -0.568. The molecule has 0 aliphatic rings. The van der Waals surface area contributed by atoms with E-state index in [-0.39, 0.29) is 17.9 Å². The van der Waals surface area contributed by atoms with Gasteiger partial charge in [0.2, 0.25) is 5.89 Å². The summed E-state index contributed by atoms with van der Waals surface area (Å²) in [6.45, 7) is 0.194. The number of nitro benzene ring substituents is 1. The zero-order valence-electron chi connectivity index (χ0n) is 11.2. The Morgan fingerprint density at radius 3 is 3.00 bits per heavy atom. The summed E-state index contributed by atoms with van der Waals surface area (Å²) >= 11 is 1.50. The highest BCUT2D eigenvalue weighted by Gasteiger charge is 2.15. The molecular formula is C14H10FN3O3S. The van der Waals surface area contributed by atoms with Gasteiger partial charge in [-0.15, -0.1) is 11.3 Å². The van der Waals surface area contributed by atoms with Crippen LogP contribution < -0.4 is 5.32 Å². The molecule has 0 saturated carbocycles. The summed E-state index contributed by atoms with van der Waals surface area (Å²) in [6.07, 6.45) is 1.47. The van der Waals surface area contributed by atoms with Crippen molar-refractivity contribution in [3.63, 3.8) is 0 Å². The van der Waals surface area contributed by atoms with Crippen molar-refractivity contribution in [2.45, 2.75) is 6.54 Å². The molecule has 112 valence electrons. The van der Waals surface area contributed by atoms with Crippen molar-refractivity contribution < 1.29 is 13.7 Å². The first-order valence-corrected chi connectivity index (χ1v) is 7.17. The van der Waals surface area contributed by atoms with E-state index in [9.17, 15) is 14.5 Å². The maximum atomic E-state index is 13.2. The average Bonchev–Trinajstić information content (AvgIpc) is 3.16. The van der Waals surface area contributed by atoms with E-state index in [1.165, 1.54) is 17.6 Å². The molecule has 8 heteroatoms. The number of hydrogen-bond donors (Lipinski definition) is 1. The highest BCUT2D eigenvalue weighted by Crippen LogP contribution is 2.27. The fourth-order valence-corrected chi connectivity index (χ4v) is 2.55. The Morgan fingerprint density at radius 2 is 2.27 bits per heavy atom. The van der Waals surface area contributed by atoms with Gasteiger partial charge < -0.3 is 9.73 Å². The fourth-order valence-electron chi connectivity index (χ4n) is 1.90. The van der Waals surface area contributed by atoms with E-state index < -0.39 is 10.7 Å². The number of benzene rings is 1. The number of nitrogens with one attached hydrogen (secondary N) is 1. The van der Waals surface area contributed by atoms with Crippen LogP contribution in [0.5, 0.6) is 0 Å². The van der Waals surface area contributed by atoms with E-state index in [1.54, 1.807) is 0 Å². The zero-order chi connectivity index (χ0) is 15.5. The fraction of sp³-hybridized carbons (Fsp3) is 0.0714. The molecule has 0 atom stereocenters. The maximum absolute atomic E-state index is 13.2. The third-order valence-electron chi connectivity index (χ3n) is 2.90. The van der Waals surface area contributed by atoms with Crippen molar-refractivity contribution >= 4 is 22.7 Å². The number of nitro groups is 1. The summed E-state index contributed by atoms with van der Waals surface area (Å²) in [5.41, 5.74) is 0.482. The highest BCUT2D eigenvalue weighted by atomic mass is 32.1. The van der Waals surface area contributed by atoms with E-state index >= 15 is 0 Å². The Kier molecular flexibility index (Phi) is 3.84. The predicted molar refractivity (Wildman–Crippen MR) is 80.2 cm³/mol.